The van der Waals surface area contributed by atoms with Crippen LogP contribution in [0.25, 0.3) is 0 Å². The molecule has 0 fully saturated rings. The topological polar surface area (TPSA) is 123 Å². The largest absolute Gasteiger partial charge is 0.467 e. The van der Waals surface area contributed by atoms with E-state index in [9.17, 15) is 19.2 Å². The van der Waals surface area contributed by atoms with Gasteiger partial charge in [0.25, 0.3) is 0 Å². The summed E-state index contributed by atoms with van der Waals surface area (Å²) in [6, 6.07) is 5.95. The molecule has 0 aromatic heterocycles. The third kappa shape index (κ3) is 9.96. The molecule has 10 nitrogen and oxygen atoms in total. The van der Waals surface area contributed by atoms with Gasteiger partial charge in [0, 0.05) is 14.2 Å². The van der Waals surface area contributed by atoms with Crippen molar-refractivity contribution in [2.75, 3.05) is 21.3 Å². The normalized spacial score (nSPS) is 14.7. The number of hydrogen-bond donors (Lipinski definition) is 2. The van der Waals surface area contributed by atoms with Crippen LogP contribution < -0.4 is 10.6 Å². The molecule has 0 heterocycles. The number of benzene rings is 1. The standard InChI is InChI=1S/C28H45N3O7/c1-17(2)16-20(26(34)37-10)31(8)25(33)21(18(3)4)29-24(32)22(30-27(35)38-28(5,6)7)23(36-9)19-14-12-11-13-15-19/h11-15,17-18,20-23H,16H2,1-10H3,(H,29,32)(H,30,35)/t20-,21-,22-,23+/m0/s1. The Balaban J connectivity index is 3.33. The predicted octanol–water partition coefficient (Wildman–Crippen LogP) is 3.45. The third-order valence-electron chi connectivity index (χ3n) is 5.85. The Labute approximate surface area is 226 Å². The van der Waals surface area contributed by atoms with Crippen molar-refractivity contribution in [2.24, 2.45) is 11.8 Å². The van der Waals surface area contributed by atoms with E-state index in [0.717, 1.165) is 0 Å². The Morgan fingerprint density at radius 3 is 1.95 bits per heavy atom. The summed E-state index contributed by atoms with van der Waals surface area (Å²) in [5.74, 6) is -1.82. The first-order chi connectivity index (χ1) is 17.6. The van der Waals surface area contributed by atoms with Crippen molar-refractivity contribution >= 4 is 23.9 Å². The van der Waals surface area contributed by atoms with E-state index in [4.69, 9.17) is 14.2 Å². The van der Waals surface area contributed by atoms with Crippen LogP contribution >= 0.6 is 0 Å². The average molecular weight is 536 g/mol. The van der Waals surface area contributed by atoms with Crippen molar-refractivity contribution in [1.82, 2.24) is 15.5 Å². The highest BCUT2D eigenvalue weighted by Gasteiger charge is 2.38. The summed E-state index contributed by atoms with van der Waals surface area (Å²) >= 11 is 0. The highest BCUT2D eigenvalue weighted by molar-refractivity contribution is 5.93. The molecule has 0 aliphatic rings. The molecule has 0 spiro atoms. The molecular formula is C28H45N3O7. The van der Waals surface area contributed by atoms with Gasteiger partial charge in [0.1, 0.15) is 29.8 Å². The molecular weight excluding hydrogens is 490 g/mol. The summed E-state index contributed by atoms with van der Waals surface area (Å²) in [5, 5.41) is 5.40. The highest BCUT2D eigenvalue weighted by atomic mass is 16.6. The van der Waals surface area contributed by atoms with E-state index in [1.165, 1.54) is 26.2 Å². The van der Waals surface area contributed by atoms with Crippen LogP contribution in [0.1, 0.15) is 66.6 Å². The van der Waals surface area contributed by atoms with Gasteiger partial charge in [-0.15, -0.1) is 0 Å². The van der Waals surface area contributed by atoms with Crippen molar-refractivity contribution in [1.29, 1.82) is 0 Å². The quantitative estimate of drug-likeness (QED) is 0.393. The van der Waals surface area contributed by atoms with E-state index in [-0.39, 0.29) is 11.8 Å². The Hall–Kier alpha value is -3.14. The summed E-state index contributed by atoms with van der Waals surface area (Å²) < 4.78 is 15.9. The molecule has 1 aromatic rings. The van der Waals surface area contributed by atoms with E-state index in [1.807, 2.05) is 19.9 Å². The average Bonchev–Trinajstić information content (AvgIpc) is 2.83. The van der Waals surface area contributed by atoms with Crippen LogP contribution in [0.5, 0.6) is 0 Å². The number of rotatable bonds is 12. The summed E-state index contributed by atoms with van der Waals surface area (Å²) in [7, 11) is 4.23. The number of amides is 3. The van der Waals surface area contributed by atoms with Crippen LogP contribution in [0.2, 0.25) is 0 Å². The lowest BCUT2D eigenvalue weighted by Crippen LogP contribution is -2.59. The maximum atomic E-state index is 13.7. The zero-order valence-corrected chi connectivity index (χ0v) is 24.4. The molecule has 10 heteroatoms. The number of carbonyl (C=O) groups is 4. The summed E-state index contributed by atoms with van der Waals surface area (Å²) in [5.41, 5.74) is -0.141. The lowest BCUT2D eigenvalue weighted by atomic mass is 9.97. The number of esters is 1. The number of ether oxygens (including phenoxy) is 3. The second kappa shape index (κ2) is 14.7. The molecule has 0 unspecified atom stereocenters. The molecule has 214 valence electrons. The lowest BCUT2D eigenvalue weighted by molar-refractivity contribution is -0.154. The molecule has 4 atom stereocenters. The van der Waals surface area contributed by atoms with E-state index in [2.05, 4.69) is 10.6 Å². The first kappa shape index (κ1) is 32.9. The molecule has 0 aliphatic heterocycles. The van der Waals surface area contributed by atoms with Crippen molar-refractivity contribution in [3.8, 4) is 0 Å². The van der Waals surface area contributed by atoms with Gasteiger partial charge in [-0.25, -0.2) is 9.59 Å². The maximum absolute atomic E-state index is 13.7. The minimum atomic E-state index is -1.22. The number of methoxy groups -OCH3 is 2. The van der Waals surface area contributed by atoms with Crippen molar-refractivity contribution < 1.29 is 33.4 Å². The molecule has 0 saturated carbocycles. The first-order valence-corrected chi connectivity index (χ1v) is 12.8. The van der Waals surface area contributed by atoms with Gasteiger partial charge in [-0.1, -0.05) is 58.0 Å². The Morgan fingerprint density at radius 1 is 0.921 bits per heavy atom. The summed E-state index contributed by atoms with van der Waals surface area (Å²) in [4.78, 5) is 53.7. The van der Waals surface area contributed by atoms with Crippen LogP contribution in [0.15, 0.2) is 30.3 Å². The van der Waals surface area contributed by atoms with Crippen molar-refractivity contribution in [2.45, 2.75) is 84.7 Å². The van der Waals surface area contributed by atoms with E-state index < -0.39 is 53.7 Å². The van der Waals surface area contributed by atoms with E-state index >= 15 is 0 Å². The molecule has 0 radical (unpaired) electrons. The van der Waals surface area contributed by atoms with E-state index in [1.54, 1.807) is 58.9 Å². The zero-order chi connectivity index (χ0) is 29.2. The van der Waals surface area contributed by atoms with Gasteiger partial charge in [-0.3, -0.25) is 9.59 Å². The van der Waals surface area contributed by atoms with Gasteiger partial charge in [0.15, 0.2) is 0 Å². The zero-order valence-electron chi connectivity index (χ0n) is 24.4. The Morgan fingerprint density at radius 2 is 1.50 bits per heavy atom. The minimum absolute atomic E-state index is 0.122. The number of nitrogens with one attached hydrogen (secondary N) is 2. The smallest absolute Gasteiger partial charge is 0.408 e. The molecule has 38 heavy (non-hydrogen) atoms. The van der Waals surface area contributed by atoms with Gasteiger partial charge in [-0.2, -0.15) is 0 Å². The molecule has 1 rings (SSSR count). The monoisotopic (exact) mass is 535 g/mol. The predicted molar refractivity (Wildman–Crippen MR) is 144 cm³/mol. The molecule has 0 aliphatic carbocycles. The van der Waals surface area contributed by atoms with Crippen molar-refractivity contribution in [3.05, 3.63) is 35.9 Å². The van der Waals surface area contributed by atoms with Gasteiger partial charge in [0.2, 0.25) is 11.8 Å². The van der Waals surface area contributed by atoms with Crippen LogP contribution in [0.3, 0.4) is 0 Å². The fourth-order valence-electron chi connectivity index (χ4n) is 3.95. The van der Waals surface area contributed by atoms with Gasteiger partial charge in [0.05, 0.1) is 7.11 Å². The van der Waals surface area contributed by atoms with Gasteiger partial charge < -0.3 is 29.7 Å². The van der Waals surface area contributed by atoms with Crippen LogP contribution in [0.4, 0.5) is 4.79 Å². The minimum Gasteiger partial charge on any atom is -0.467 e. The van der Waals surface area contributed by atoms with Crippen molar-refractivity contribution in [3.63, 3.8) is 0 Å². The van der Waals surface area contributed by atoms with E-state index in [0.29, 0.717) is 12.0 Å². The van der Waals surface area contributed by atoms with Gasteiger partial charge >= 0.3 is 12.1 Å². The number of alkyl carbamates (subject to hydrolysis) is 1. The third-order valence-corrected chi connectivity index (χ3v) is 5.85. The second-order valence-corrected chi connectivity index (χ2v) is 11.0. The van der Waals surface area contributed by atoms with Crippen LogP contribution in [-0.2, 0) is 28.6 Å². The summed E-state index contributed by atoms with van der Waals surface area (Å²) in [6.07, 6.45) is -1.27. The second-order valence-electron chi connectivity index (χ2n) is 11.0. The number of carbonyl (C=O) groups excluding carboxylic acids is 4. The highest BCUT2D eigenvalue weighted by Crippen LogP contribution is 2.22. The lowest BCUT2D eigenvalue weighted by Gasteiger charge is -2.34. The fraction of sp³-hybridized carbons (Fsp3) is 0.643. The molecule has 2 N–H and O–H groups in total. The van der Waals surface area contributed by atoms with Crippen LogP contribution in [0, 0.1) is 11.8 Å². The summed E-state index contributed by atoms with van der Waals surface area (Å²) in [6.45, 7) is 12.6. The maximum Gasteiger partial charge on any atom is 0.408 e. The number of nitrogens with zero attached hydrogens (tertiary/aromatic N) is 1. The molecule has 3 amide bonds. The fourth-order valence-corrected chi connectivity index (χ4v) is 3.95. The number of hydrogen-bond acceptors (Lipinski definition) is 7. The Kier molecular flexibility index (Phi) is 12.7. The molecule has 0 saturated heterocycles. The Bertz CT molecular complexity index is 928. The van der Waals surface area contributed by atoms with Crippen LogP contribution in [-0.4, -0.2) is 73.8 Å². The van der Waals surface area contributed by atoms with Gasteiger partial charge in [-0.05, 0) is 44.6 Å². The number of likely N-dealkylation sites (N-methyl/N-ethyl adjacent to an activating group) is 1. The first-order valence-electron chi connectivity index (χ1n) is 12.8. The molecule has 1 aromatic carbocycles. The SMILES string of the molecule is COC(=O)[C@H](CC(C)C)N(C)C(=O)[C@@H](NC(=O)[C@@H](NC(=O)OC(C)(C)C)[C@H](OC)c1ccccc1)C(C)C. The molecule has 0 bridgehead atoms.